The molecule has 0 aromatic rings. The fraction of sp³-hybridized carbons (Fsp3) is 1.00. The van der Waals surface area contributed by atoms with Gasteiger partial charge in [-0.2, -0.15) is 0 Å². The Labute approximate surface area is 131 Å². The van der Waals surface area contributed by atoms with Crippen LogP contribution in [0.2, 0.25) is 0 Å². The van der Waals surface area contributed by atoms with Gasteiger partial charge in [-0.25, -0.2) is 0 Å². The first-order valence-electron chi connectivity index (χ1n) is 8.59. The molecule has 8 nitrogen and oxygen atoms in total. The summed E-state index contributed by atoms with van der Waals surface area (Å²) in [4.78, 5) is 0. The largest absolute Gasteiger partial charge is 0.394 e. The van der Waals surface area contributed by atoms with Crippen LogP contribution in [0.5, 0.6) is 0 Å². The van der Waals surface area contributed by atoms with E-state index in [1.165, 1.54) is 0 Å². The number of aliphatic hydroxyl groups excluding tert-OH is 4. The van der Waals surface area contributed by atoms with Crippen molar-refractivity contribution in [1.82, 2.24) is 0 Å². The smallest absolute Gasteiger partial charge is 0.210 e. The fourth-order valence-electron chi connectivity index (χ4n) is 1.75. The summed E-state index contributed by atoms with van der Waals surface area (Å²) in [5, 5.41) is 16.9. The molecule has 0 radical (unpaired) electrons. The molecule has 8 heteroatoms. The Balaban J connectivity index is 4.71. The second-order valence-electron chi connectivity index (χ2n) is 4.21. The lowest BCUT2D eigenvalue weighted by Crippen LogP contribution is -2.45. The summed E-state index contributed by atoms with van der Waals surface area (Å²) >= 11 is 0. The van der Waals surface area contributed by atoms with Crippen molar-refractivity contribution in [1.29, 1.82) is 5.72 Å². The van der Waals surface area contributed by atoms with Crippen LogP contribution in [0.15, 0.2) is 0 Å². The summed E-state index contributed by atoms with van der Waals surface area (Å²) in [7, 11) is 0. The molecule has 0 bridgehead atoms. The Morgan fingerprint density at radius 2 is 1.38 bits per heavy atom. The van der Waals surface area contributed by atoms with Gasteiger partial charge in [0.2, 0.25) is 5.72 Å². The first-order valence-corrected chi connectivity index (χ1v) is 6.96. The first-order chi connectivity index (χ1) is 12.2. The van der Waals surface area contributed by atoms with Gasteiger partial charge in [0.15, 0.2) is 0 Å². The van der Waals surface area contributed by atoms with E-state index < -0.39 is 18.3 Å². The van der Waals surface area contributed by atoms with E-state index in [-0.39, 0.29) is 59.5 Å². The average molecular weight is 316 g/mol. The highest BCUT2D eigenvalue weighted by Gasteiger charge is 2.29. The van der Waals surface area contributed by atoms with Crippen molar-refractivity contribution in [2.45, 2.75) is 25.2 Å². The number of hydrogen-bond donors (Lipinski definition) is 4. The highest BCUT2D eigenvalue weighted by Crippen LogP contribution is 2.13. The van der Waals surface area contributed by atoms with Crippen LogP contribution < -0.4 is 0 Å². The Hall–Kier alpha value is -0.320. The minimum atomic E-state index is -0.552. The molecule has 0 aliphatic heterocycles. The molecule has 0 aliphatic carbocycles. The number of hydrogen-bond acceptors (Lipinski definition) is 8. The average Bonchev–Trinajstić information content (AvgIpc) is 2.61. The molecular formula is C13H28O8. The van der Waals surface area contributed by atoms with Crippen LogP contribution in [0.1, 0.15) is 6.92 Å². The molecular weight excluding hydrogens is 284 g/mol. The van der Waals surface area contributed by atoms with Gasteiger partial charge in [0.1, 0.15) is 12.2 Å². The van der Waals surface area contributed by atoms with E-state index in [0.29, 0.717) is 0 Å². The summed E-state index contributed by atoms with van der Waals surface area (Å²) in [6.07, 6.45) is -1.51. The molecule has 0 saturated carbocycles. The molecule has 128 valence electrons. The monoisotopic (exact) mass is 316 g/mol. The van der Waals surface area contributed by atoms with Crippen LogP contribution in [0.4, 0.5) is 0 Å². The van der Waals surface area contributed by atoms with Crippen LogP contribution in [-0.4, -0.2) is 104 Å². The SMILES string of the molecule is [2H]OCCOCC(OCCO[2H])C(OCCO[2H])C(C)OCCO[2H]. The van der Waals surface area contributed by atoms with E-state index in [2.05, 4.69) is 20.4 Å². The molecule has 0 fully saturated rings. The van der Waals surface area contributed by atoms with Crippen molar-refractivity contribution in [2.75, 3.05) is 59.5 Å². The third-order valence-corrected chi connectivity index (χ3v) is 2.61. The molecule has 0 spiro atoms. The molecule has 0 saturated heterocycles. The van der Waals surface area contributed by atoms with Gasteiger partial charge in [-0.3, -0.25) is 0 Å². The van der Waals surface area contributed by atoms with Gasteiger partial charge in [0.25, 0.3) is 0 Å². The van der Waals surface area contributed by atoms with E-state index in [1.807, 2.05) is 0 Å². The second kappa shape index (κ2) is 14.6. The Morgan fingerprint density at radius 3 is 2.05 bits per heavy atom. The van der Waals surface area contributed by atoms with E-state index in [9.17, 15) is 0 Å². The highest BCUT2D eigenvalue weighted by molar-refractivity contribution is 4.77. The molecule has 3 atom stereocenters. The van der Waals surface area contributed by atoms with Gasteiger partial charge < -0.3 is 39.4 Å². The second-order valence-corrected chi connectivity index (χ2v) is 4.21. The van der Waals surface area contributed by atoms with Crippen molar-refractivity contribution >= 4 is 0 Å². The van der Waals surface area contributed by atoms with Crippen LogP contribution in [0.25, 0.3) is 0 Å². The maximum Gasteiger partial charge on any atom is 0.210 e. The Bertz CT molecular complexity index is 280. The molecule has 0 aromatic carbocycles. The van der Waals surface area contributed by atoms with Crippen molar-refractivity contribution in [2.24, 2.45) is 0 Å². The van der Waals surface area contributed by atoms with Crippen molar-refractivity contribution in [3.8, 4) is 0 Å². The standard InChI is InChI=1S/C13H28O8/c1-11(19-7-3-15)13(21-9-5-17)12(20-8-4-16)10-18-6-2-14/h11-17H,2-10H2,1H3/i14D,15D,16D,17D. The summed E-state index contributed by atoms with van der Waals surface area (Å²) in [6, 6.07) is 0. The Morgan fingerprint density at radius 1 is 0.810 bits per heavy atom. The van der Waals surface area contributed by atoms with Crippen molar-refractivity contribution in [3.63, 3.8) is 0 Å². The van der Waals surface area contributed by atoms with E-state index in [1.54, 1.807) is 6.92 Å². The molecule has 21 heavy (non-hydrogen) atoms. The summed E-state index contributed by atoms with van der Waals surface area (Å²) in [6.45, 7) is 3.04. The van der Waals surface area contributed by atoms with Crippen LogP contribution in [-0.2, 0) is 18.9 Å². The molecule has 0 rings (SSSR count). The van der Waals surface area contributed by atoms with Gasteiger partial charge in [-0.1, -0.05) is 0 Å². The maximum absolute atomic E-state index is 6.72. The summed E-state index contributed by atoms with van der Waals surface area (Å²) in [5.41, 5.74) is 0. The maximum atomic E-state index is 6.72. The van der Waals surface area contributed by atoms with E-state index in [0.717, 1.165) is 0 Å². The Kier molecular flexibility index (Phi) is 9.94. The summed E-state index contributed by atoms with van der Waals surface area (Å²) < 4.78 is 49.1. The van der Waals surface area contributed by atoms with Gasteiger partial charge >= 0.3 is 0 Å². The zero-order chi connectivity index (χ0) is 18.8. The molecule has 0 aliphatic rings. The van der Waals surface area contributed by atoms with E-state index >= 15 is 0 Å². The van der Waals surface area contributed by atoms with Crippen LogP contribution in [0.3, 0.4) is 0 Å². The zero-order valence-corrected chi connectivity index (χ0v) is 12.4. The van der Waals surface area contributed by atoms with Crippen LogP contribution >= 0.6 is 0 Å². The lowest BCUT2D eigenvalue weighted by atomic mass is 10.1. The third-order valence-electron chi connectivity index (χ3n) is 2.61. The molecule has 4 N–H and O–H groups in total. The van der Waals surface area contributed by atoms with Gasteiger partial charge in [-0.15, -0.1) is 0 Å². The highest BCUT2D eigenvalue weighted by atomic mass is 16.6. The van der Waals surface area contributed by atoms with Crippen molar-refractivity contribution in [3.05, 3.63) is 0 Å². The van der Waals surface area contributed by atoms with E-state index in [4.69, 9.17) is 24.7 Å². The number of aliphatic hydroxyl groups is 4. The molecule has 0 aromatic heterocycles. The third kappa shape index (κ3) is 10.1. The quantitative estimate of drug-likeness (QED) is 0.205. The lowest BCUT2D eigenvalue weighted by Gasteiger charge is -2.31. The normalized spacial score (nSPS) is 18.3. The predicted octanol–water partition coefficient (Wildman–Crippen LogP) is -1.85. The fourth-order valence-corrected chi connectivity index (χ4v) is 1.75. The number of ether oxygens (including phenoxy) is 4. The van der Waals surface area contributed by atoms with Gasteiger partial charge in [0.05, 0.1) is 65.6 Å². The first kappa shape index (κ1) is 14.3. The van der Waals surface area contributed by atoms with Gasteiger partial charge in [-0.05, 0) is 6.92 Å². The predicted molar refractivity (Wildman–Crippen MR) is 74.1 cm³/mol. The molecule has 3 unspecified atom stereocenters. The minimum Gasteiger partial charge on any atom is -0.394 e. The van der Waals surface area contributed by atoms with Crippen LogP contribution in [0, 0.1) is 0 Å². The minimum absolute atomic E-state index is 0.0785. The summed E-state index contributed by atoms with van der Waals surface area (Å²) in [5.74, 6) is 0. The topological polar surface area (TPSA) is 118 Å². The lowest BCUT2D eigenvalue weighted by molar-refractivity contribution is -0.159. The zero-order valence-electron chi connectivity index (χ0n) is 16.4. The number of rotatable bonds is 19. The molecule has 0 amide bonds. The molecule has 0 heterocycles. The van der Waals surface area contributed by atoms with Gasteiger partial charge in [0, 0.05) is 0 Å². The van der Waals surface area contributed by atoms with Crippen molar-refractivity contribution < 1.29 is 39.4 Å².